The molecule has 0 unspecified atom stereocenters. The highest BCUT2D eigenvalue weighted by Crippen LogP contribution is 2.29. The lowest BCUT2D eigenvalue weighted by Crippen LogP contribution is -2.36. The maximum absolute atomic E-state index is 12.9. The van der Waals surface area contributed by atoms with Crippen LogP contribution in [0, 0.1) is 0 Å². The van der Waals surface area contributed by atoms with Gasteiger partial charge in [0, 0.05) is 4.47 Å². The number of aliphatic hydroxyl groups is 1. The van der Waals surface area contributed by atoms with Crippen molar-refractivity contribution in [3.05, 3.63) is 34.3 Å². The van der Waals surface area contributed by atoms with Gasteiger partial charge in [0.25, 0.3) is 5.92 Å². The molecule has 0 amide bonds. The predicted octanol–water partition coefficient (Wildman–Crippen LogP) is 2.08. The first-order chi connectivity index (χ1) is 6.47. The van der Waals surface area contributed by atoms with Crippen LogP contribution in [0.2, 0.25) is 0 Å². The third kappa shape index (κ3) is 2.50. The van der Waals surface area contributed by atoms with Gasteiger partial charge in [-0.15, -0.1) is 0 Å². The van der Waals surface area contributed by atoms with E-state index < -0.39 is 18.6 Å². The Balaban J connectivity index is 2.89. The Hall–Kier alpha value is -0.520. The van der Waals surface area contributed by atoms with Crippen LogP contribution in [0.4, 0.5) is 8.78 Å². The molecule has 0 aromatic heterocycles. The third-order valence-corrected chi connectivity index (χ3v) is 2.42. The van der Waals surface area contributed by atoms with Crippen molar-refractivity contribution in [3.63, 3.8) is 0 Å². The van der Waals surface area contributed by atoms with Gasteiger partial charge in [0.15, 0.2) is 0 Å². The topological polar surface area (TPSA) is 46.2 Å². The molecule has 0 radical (unpaired) electrons. The summed E-state index contributed by atoms with van der Waals surface area (Å²) >= 11 is 3.18. The van der Waals surface area contributed by atoms with E-state index in [4.69, 9.17) is 10.8 Å². The summed E-state index contributed by atoms with van der Waals surface area (Å²) in [7, 11) is 0. The molecule has 1 atom stereocenters. The number of aliphatic hydroxyl groups excluding tert-OH is 1. The predicted molar refractivity (Wildman–Crippen MR) is 53.1 cm³/mol. The second-order valence-corrected chi connectivity index (χ2v) is 3.86. The molecule has 0 bridgehead atoms. The Kier molecular flexibility index (Phi) is 3.58. The van der Waals surface area contributed by atoms with Crippen molar-refractivity contribution in [1.82, 2.24) is 0 Å². The van der Waals surface area contributed by atoms with Gasteiger partial charge in [0.05, 0.1) is 6.04 Å². The van der Waals surface area contributed by atoms with E-state index in [0.717, 1.165) is 4.47 Å². The molecule has 2 nitrogen and oxygen atoms in total. The molecule has 14 heavy (non-hydrogen) atoms. The highest BCUT2D eigenvalue weighted by molar-refractivity contribution is 9.10. The molecule has 5 heteroatoms. The molecule has 0 aliphatic carbocycles. The minimum atomic E-state index is -3.28. The standard InChI is InChI=1S/C9H10BrF2NO/c10-7-3-1-6(2-4-7)8(13)9(11,12)5-14/h1-4,8,14H,5,13H2/t8-/m0/s1. The highest BCUT2D eigenvalue weighted by atomic mass is 79.9. The molecule has 0 aliphatic rings. The van der Waals surface area contributed by atoms with E-state index in [1.54, 1.807) is 12.1 Å². The van der Waals surface area contributed by atoms with Crippen LogP contribution in [-0.2, 0) is 0 Å². The van der Waals surface area contributed by atoms with Crippen LogP contribution in [0.3, 0.4) is 0 Å². The molecule has 0 fully saturated rings. The minimum Gasteiger partial charge on any atom is -0.390 e. The molecular weight excluding hydrogens is 256 g/mol. The Morgan fingerprint density at radius 3 is 2.29 bits per heavy atom. The van der Waals surface area contributed by atoms with Crippen molar-refractivity contribution in [2.24, 2.45) is 5.73 Å². The Morgan fingerprint density at radius 2 is 1.86 bits per heavy atom. The number of hydrogen-bond acceptors (Lipinski definition) is 2. The number of nitrogens with two attached hydrogens (primary N) is 1. The fraction of sp³-hybridized carbons (Fsp3) is 0.333. The monoisotopic (exact) mass is 265 g/mol. The SMILES string of the molecule is N[C@@H](c1ccc(Br)cc1)C(F)(F)CO. The summed E-state index contributed by atoms with van der Waals surface area (Å²) in [5.74, 6) is -3.28. The van der Waals surface area contributed by atoms with E-state index in [9.17, 15) is 8.78 Å². The summed E-state index contributed by atoms with van der Waals surface area (Å²) in [5, 5.41) is 8.44. The number of halogens is 3. The molecular formula is C9H10BrF2NO. The van der Waals surface area contributed by atoms with E-state index in [2.05, 4.69) is 15.9 Å². The summed E-state index contributed by atoms with van der Waals surface area (Å²) in [6.07, 6.45) is 0. The van der Waals surface area contributed by atoms with Crippen LogP contribution >= 0.6 is 15.9 Å². The fourth-order valence-electron chi connectivity index (χ4n) is 1.01. The average Bonchev–Trinajstić information content (AvgIpc) is 2.18. The van der Waals surface area contributed by atoms with Crippen LogP contribution in [0.1, 0.15) is 11.6 Å². The van der Waals surface area contributed by atoms with Crippen LogP contribution in [-0.4, -0.2) is 17.6 Å². The van der Waals surface area contributed by atoms with Crippen LogP contribution in [0.25, 0.3) is 0 Å². The first-order valence-corrected chi connectivity index (χ1v) is 4.76. The summed E-state index contributed by atoms with van der Waals surface area (Å²) in [6.45, 7) is -1.25. The Morgan fingerprint density at radius 1 is 1.36 bits per heavy atom. The number of hydrogen-bond donors (Lipinski definition) is 2. The van der Waals surface area contributed by atoms with Crippen molar-refractivity contribution in [2.45, 2.75) is 12.0 Å². The summed E-state index contributed by atoms with van der Waals surface area (Å²) in [6, 6.07) is 4.78. The van der Waals surface area contributed by atoms with Crippen molar-refractivity contribution >= 4 is 15.9 Å². The zero-order valence-corrected chi connectivity index (χ0v) is 8.84. The zero-order valence-electron chi connectivity index (χ0n) is 7.25. The molecule has 3 N–H and O–H groups in total. The van der Waals surface area contributed by atoms with Crippen LogP contribution < -0.4 is 5.73 Å². The summed E-state index contributed by atoms with van der Waals surface area (Å²) < 4.78 is 26.7. The van der Waals surface area contributed by atoms with Crippen LogP contribution in [0.5, 0.6) is 0 Å². The van der Waals surface area contributed by atoms with Crippen molar-refractivity contribution in [2.75, 3.05) is 6.61 Å². The van der Waals surface area contributed by atoms with Gasteiger partial charge in [-0.2, -0.15) is 0 Å². The molecule has 0 spiro atoms. The second kappa shape index (κ2) is 4.33. The molecule has 0 aliphatic heterocycles. The van der Waals surface area contributed by atoms with Gasteiger partial charge in [0.1, 0.15) is 6.61 Å². The smallest absolute Gasteiger partial charge is 0.289 e. The quantitative estimate of drug-likeness (QED) is 0.879. The molecule has 1 rings (SSSR count). The van der Waals surface area contributed by atoms with Gasteiger partial charge in [0.2, 0.25) is 0 Å². The third-order valence-electron chi connectivity index (χ3n) is 1.89. The fourth-order valence-corrected chi connectivity index (χ4v) is 1.28. The van der Waals surface area contributed by atoms with E-state index in [1.165, 1.54) is 12.1 Å². The first kappa shape index (κ1) is 11.6. The van der Waals surface area contributed by atoms with Crippen molar-refractivity contribution in [3.8, 4) is 0 Å². The first-order valence-electron chi connectivity index (χ1n) is 3.97. The lowest BCUT2D eigenvalue weighted by Gasteiger charge is -2.21. The number of benzene rings is 1. The molecule has 1 aromatic rings. The van der Waals surface area contributed by atoms with E-state index >= 15 is 0 Å². The maximum Gasteiger partial charge on any atom is 0.289 e. The number of rotatable bonds is 3. The number of alkyl halides is 2. The second-order valence-electron chi connectivity index (χ2n) is 2.95. The van der Waals surface area contributed by atoms with Crippen molar-refractivity contribution in [1.29, 1.82) is 0 Å². The molecule has 78 valence electrons. The van der Waals surface area contributed by atoms with Gasteiger partial charge in [-0.1, -0.05) is 28.1 Å². The molecule has 0 saturated heterocycles. The largest absolute Gasteiger partial charge is 0.390 e. The Bertz CT molecular complexity index is 302. The van der Waals surface area contributed by atoms with E-state index in [-0.39, 0.29) is 0 Å². The van der Waals surface area contributed by atoms with E-state index in [0.29, 0.717) is 5.56 Å². The minimum absolute atomic E-state index is 0.298. The van der Waals surface area contributed by atoms with Gasteiger partial charge in [-0.25, -0.2) is 8.78 Å². The summed E-state index contributed by atoms with van der Waals surface area (Å²) in [5.41, 5.74) is 5.61. The normalized spacial score (nSPS) is 14.1. The maximum atomic E-state index is 12.9. The molecule has 0 heterocycles. The molecule has 1 aromatic carbocycles. The van der Waals surface area contributed by atoms with Gasteiger partial charge in [-0.05, 0) is 17.7 Å². The van der Waals surface area contributed by atoms with Gasteiger partial charge < -0.3 is 10.8 Å². The summed E-state index contributed by atoms with van der Waals surface area (Å²) in [4.78, 5) is 0. The van der Waals surface area contributed by atoms with E-state index in [1.807, 2.05) is 0 Å². The highest BCUT2D eigenvalue weighted by Gasteiger charge is 2.37. The van der Waals surface area contributed by atoms with Gasteiger partial charge >= 0.3 is 0 Å². The van der Waals surface area contributed by atoms with Crippen molar-refractivity contribution < 1.29 is 13.9 Å². The Labute approximate surface area is 88.9 Å². The average molecular weight is 266 g/mol. The van der Waals surface area contributed by atoms with Crippen LogP contribution in [0.15, 0.2) is 28.7 Å². The lowest BCUT2D eigenvalue weighted by atomic mass is 10.0. The molecule has 0 saturated carbocycles. The van der Waals surface area contributed by atoms with Gasteiger partial charge in [-0.3, -0.25) is 0 Å². The lowest BCUT2D eigenvalue weighted by molar-refractivity contribution is -0.0711. The zero-order chi connectivity index (χ0) is 10.8.